The van der Waals surface area contributed by atoms with Gasteiger partial charge in [-0.3, -0.25) is 4.79 Å². The highest BCUT2D eigenvalue weighted by Crippen LogP contribution is 2.30. The summed E-state index contributed by atoms with van der Waals surface area (Å²) in [4.78, 5) is 12.9. The topological polar surface area (TPSA) is 60.7 Å². The molecule has 0 fully saturated rings. The molecule has 3 aromatic carbocycles. The minimum Gasteiger partial charge on any atom is -0.298 e. The van der Waals surface area contributed by atoms with Gasteiger partial charge in [0, 0.05) is 11.1 Å². The maximum absolute atomic E-state index is 11.3. The molecule has 1 aromatic heterocycles. The van der Waals surface area contributed by atoms with E-state index in [1.165, 1.54) is 5.56 Å². The molecule has 0 aliphatic heterocycles. The van der Waals surface area contributed by atoms with Crippen molar-refractivity contribution in [1.82, 2.24) is 20.2 Å². The summed E-state index contributed by atoms with van der Waals surface area (Å²) < 4.78 is 0. The van der Waals surface area contributed by atoms with Crippen LogP contribution in [0, 0.1) is 0 Å². The fourth-order valence-corrected chi connectivity index (χ4v) is 3.25. The molecule has 0 N–H and O–H groups in total. The van der Waals surface area contributed by atoms with Crippen LogP contribution in [0.4, 0.5) is 0 Å². The third-order valence-electron chi connectivity index (χ3n) is 4.70. The molecule has 4 rings (SSSR count). The van der Waals surface area contributed by atoms with E-state index in [0.29, 0.717) is 11.4 Å². The summed E-state index contributed by atoms with van der Waals surface area (Å²) in [5, 5.41) is 13.2. The number of benzene rings is 3. The molecule has 0 radical (unpaired) electrons. The Labute approximate surface area is 163 Å². The van der Waals surface area contributed by atoms with E-state index in [1.54, 1.807) is 10.9 Å². The number of hydrogen-bond donors (Lipinski definition) is 0. The van der Waals surface area contributed by atoms with Gasteiger partial charge in [0.2, 0.25) is 5.82 Å². The fraction of sp³-hybridized carbons (Fsp3) is 0.130. The molecule has 138 valence electrons. The van der Waals surface area contributed by atoms with Crippen LogP contribution in [0.3, 0.4) is 0 Å². The van der Waals surface area contributed by atoms with Gasteiger partial charge in [-0.1, -0.05) is 72.8 Å². The van der Waals surface area contributed by atoms with Crippen LogP contribution in [-0.4, -0.2) is 26.5 Å². The number of nitrogens with zero attached hydrogens (tertiary/aromatic N) is 4. The van der Waals surface area contributed by atoms with Crippen molar-refractivity contribution in [2.45, 2.75) is 19.4 Å². The maximum Gasteiger partial charge on any atom is 0.205 e. The SMILES string of the molecule is CC(Cc1ccccc1)n1nnc(-c2cc(C=O)ccc2-c2ccccc2)n1. The first-order valence-corrected chi connectivity index (χ1v) is 9.23. The Morgan fingerprint density at radius 2 is 1.64 bits per heavy atom. The lowest BCUT2D eigenvalue weighted by Gasteiger charge is -2.10. The van der Waals surface area contributed by atoms with Gasteiger partial charge in [-0.05, 0) is 41.3 Å². The average Bonchev–Trinajstić information content (AvgIpc) is 3.25. The number of carbonyl (C=O) groups is 1. The highest BCUT2D eigenvalue weighted by Gasteiger charge is 2.16. The molecule has 5 heteroatoms. The fourth-order valence-electron chi connectivity index (χ4n) is 3.25. The second-order valence-corrected chi connectivity index (χ2v) is 6.76. The second kappa shape index (κ2) is 7.96. The zero-order chi connectivity index (χ0) is 19.3. The Bertz CT molecular complexity index is 1070. The van der Waals surface area contributed by atoms with Gasteiger partial charge >= 0.3 is 0 Å². The highest BCUT2D eigenvalue weighted by molar-refractivity contribution is 5.86. The van der Waals surface area contributed by atoms with Crippen molar-refractivity contribution in [1.29, 1.82) is 0 Å². The van der Waals surface area contributed by atoms with E-state index in [4.69, 9.17) is 0 Å². The van der Waals surface area contributed by atoms with Crippen molar-refractivity contribution in [2.75, 3.05) is 0 Å². The van der Waals surface area contributed by atoms with E-state index in [0.717, 1.165) is 29.4 Å². The predicted molar refractivity (Wildman–Crippen MR) is 109 cm³/mol. The minimum absolute atomic E-state index is 0.0677. The van der Waals surface area contributed by atoms with Gasteiger partial charge < -0.3 is 0 Å². The van der Waals surface area contributed by atoms with E-state index >= 15 is 0 Å². The minimum atomic E-state index is 0.0677. The van der Waals surface area contributed by atoms with Crippen LogP contribution in [0.1, 0.15) is 28.9 Å². The van der Waals surface area contributed by atoms with Crippen molar-refractivity contribution >= 4 is 6.29 Å². The normalized spacial score (nSPS) is 11.9. The Morgan fingerprint density at radius 3 is 2.36 bits per heavy atom. The summed E-state index contributed by atoms with van der Waals surface area (Å²) in [5.74, 6) is 0.516. The van der Waals surface area contributed by atoms with Gasteiger partial charge in [0.1, 0.15) is 6.29 Å². The first-order valence-electron chi connectivity index (χ1n) is 9.23. The van der Waals surface area contributed by atoms with E-state index in [2.05, 4.69) is 34.5 Å². The van der Waals surface area contributed by atoms with E-state index < -0.39 is 0 Å². The van der Waals surface area contributed by atoms with Crippen LogP contribution in [0.15, 0.2) is 78.9 Å². The molecule has 0 saturated heterocycles. The number of hydrogen-bond acceptors (Lipinski definition) is 4. The Hall–Kier alpha value is -3.60. The Balaban J connectivity index is 1.69. The second-order valence-electron chi connectivity index (χ2n) is 6.76. The molecular formula is C23H20N4O. The maximum atomic E-state index is 11.3. The lowest BCUT2D eigenvalue weighted by Crippen LogP contribution is -2.11. The third kappa shape index (κ3) is 3.74. The quantitative estimate of drug-likeness (QED) is 0.466. The van der Waals surface area contributed by atoms with Gasteiger partial charge in [-0.2, -0.15) is 4.80 Å². The summed E-state index contributed by atoms with van der Waals surface area (Å²) in [6.07, 6.45) is 1.65. The van der Waals surface area contributed by atoms with Crippen LogP contribution in [0.5, 0.6) is 0 Å². The van der Waals surface area contributed by atoms with Gasteiger partial charge in [-0.15, -0.1) is 10.2 Å². The van der Waals surface area contributed by atoms with E-state index in [9.17, 15) is 4.79 Å². The number of aldehydes is 1. The van der Waals surface area contributed by atoms with Gasteiger partial charge in [0.05, 0.1) is 6.04 Å². The lowest BCUT2D eigenvalue weighted by atomic mass is 9.97. The summed E-state index contributed by atoms with van der Waals surface area (Å²) in [7, 11) is 0. The van der Waals surface area contributed by atoms with Crippen molar-refractivity contribution in [2.24, 2.45) is 0 Å². The third-order valence-corrected chi connectivity index (χ3v) is 4.70. The zero-order valence-corrected chi connectivity index (χ0v) is 15.6. The molecule has 0 saturated carbocycles. The number of aromatic nitrogens is 4. The van der Waals surface area contributed by atoms with Crippen LogP contribution < -0.4 is 0 Å². The van der Waals surface area contributed by atoms with E-state index in [1.807, 2.05) is 60.7 Å². The molecule has 0 aliphatic carbocycles. The average molecular weight is 368 g/mol. The standard InChI is InChI=1S/C23H20N4O/c1-17(14-18-8-4-2-5-9-18)27-25-23(24-26-27)22-15-19(16-28)12-13-21(22)20-10-6-3-7-11-20/h2-13,15-17H,14H2,1H3. The lowest BCUT2D eigenvalue weighted by molar-refractivity contribution is 0.112. The molecule has 0 spiro atoms. The smallest absolute Gasteiger partial charge is 0.205 e. The number of tetrazole rings is 1. The molecule has 1 heterocycles. The molecule has 28 heavy (non-hydrogen) atoms. The van der Waals surface area contributed by atoms with Gasteiger partial charge in [-0.25, -0.2) is 0 Å². The molecule has 5 nitrogen and oxygen atoms in total. The molecule has 1 unspecified atom stereocenters. The van der Waals surface area contributed by atoms with E-state index in [-0.39, 0.29) is 6.04 Å². The zero-order valence-electron chi connectivity index (χ0n) is 15.6. The molecule has 0 amide bonds. The Kier molecular flexibility index (Phi) is 5.06. The summed E-state index contributed by atoms with van der Waals surface area (Å²) in [5.41, 5.74) is 4.63. The van der Waals surface area contributed by atoms with Crippen molar-refractivity contribution < 1.29 is 4.79 Å². The molecule has 4 aromatic rings. The van der Waals surface area contributed by atoms with Crippen molar-refractivity contribution in [3.63, 3.8) is 0 Å². The summed E-state index contributed by atoms with van der Waals surface area (Å²) in [6, 6.07) is 25.9. The van der Waals surface area contributed by atoms with Crippen LogP contribution in [0.2, 0.25) is 0 Å². The first-order chi connectivity index (χ1) is 13.7. The summed E-state index contributed by atoms with van der Waals surface area (Å²) in [6.45, 7) is 2.07. The monoisotopic (exact) mass is 368 g/mol. The Morgan fingerprint density at radius 1 is 0.929 bits per heavy atom. The van der Waals surface area contributed by atoms with Crippen molar-refractivity contribution in [3.8, 4) is 22.5 Å². The highest BCUT2D eigenvalue weighted by atomic mass is 16.1. The van der Waals surface area contributed by atoms with Crippen LogP contribution in [-0.2, 0) is 6.42 Å². The molecule has 0 bridgehead atoms. The molecular weight excluding hydrogens is 348 g/mol. The first kappa shape index (κ1) is 17.8. The van der Waals surface area contributed by atoms with Crippen LogP contribution in [0.25, 0.3) is 22.5 Å². The largest absolute Gasteiger partial charge is 0.298 e. The number of carbonyl (C=O) groups excluding carboxylic acids is 1. The van der Waals surface area contributed by atoms with Gasteiger partial charge in [0.15, 0.2) is 0 Å². The molecule has 0 aliphatic rings. The van der Waals surface area contributed by atoms with Crippen molar-refractivity contribution in [3.05, 3.63) is 90.0 Å². The van der Waals surface area contributed by atoms with Crippen LogP contribution >= 0.6 is 0 Å². The predicted octanol–water partition coefficient (Wildman–Crippen LogP) is 4.62. The summed E-state index contributed by atoms with van der Waals surface area (Å²) >= 11 is 0. The molecule has 1 atom stereocenters. The number of rotatable bonds is 6. The van der Waals surface area contributed by atoms with Gasteiger partial charge in [0.25, 0.3) is 0 Å².